The van der Waals surface area contributed by atoms with Gasteiger partial charge in [0.1, 0.15) is 6.20 Å². The molecule has 8 heteroatoms. The molecule has 0 atom stereocenters. The smallest absolute Gasteiger partial charge is 0.330 e. The number of nitrogens with zero attached hydrogens (tertiary/aromatic N) is 3. The summed E-state index contributed by atoms with van der Waals surface area (Å²) in [5, 5.41) is 15.1. The van der Waals surface area contributed by atoms with E-state index in [0.717, 1.165) is 16.2 Å². The highest BCUT2D eigenvalue weighted by molar-refractivity contribution is 9.10. The summed E-state index contributed by atoms with van der Waals surface area (Å²) in [6.07, 6.45) is 1.14. The Labute approximate surface area is 116 Å². The quantitative estimate of drug-likeness (QED) is 0.692. The van der Waals surface area contributed by atoms with Crippen LogP contribution in [-0.4, -0.2) is 14.7 Å². The molecule has 0 unspecified atom stereocenters. The summed E-state index contributed by atoms with van der Waals surface area (Å²) in [6.45, 7) is 0.331. The predicted molar refractivity (Wildman–Crippen MR) is 71.5 cm³/mol. The molecule has 0 amide bonds. The van der Waals surface area contributed by atoms with Crippen LogP contribution in [-0.2, 0) is 6.54 Å². The lowest BCUT2D eigenvalue weighted by Crippen LogP contribution is -2.07. The molecule has 94 valence electrons. The van der Waals surface area contributed by atoms with E-state index in [1.54, 1.807) is 18.2 Å². The van der Waals surface area contributed by atoms with Crippen molar-refractivity contribution in [3.8, 4) is 0 Å². The SMILES string of the molecule is Nc1c([N+](=O)[O-])cnn1Cc1ccc(Cl)cc1Br. The van der Waals surface area contributed by atoms with Crippen LogP contribution in [0.2, 0.25) is 5.02 Å². The van der Waals surface area contributed by atoms with E-state index in [2.05, 4.69) is 21.0 Å². The van der Waals surface area contributed by atoms with Gasteiger partial charge in [0.2, 0.25) is 5.82 Å². The monoisotopic (exact) mass is 330 g/mol. The Morgan fingerprint density at radius 2 is 2.28 bits per heavy atom. The lowest BCUT2D eigenvalue weighted by atomic mass is 10.2. The van der Waals surface area contributed by atoms with Crippen molar-refractivity contribution >= 4 is 39.0 Å². The van der Waals surface area contributed by atoms with Crippen LogP contribution in [0.15, 0.2) is 28.9 Å². The first-order chi connectivity index (χ1) is 8.49. The number of hydrogen-bond donors (Lipinski definition) is 1. The van der Waals surface area contributed by atoms with Crippen molar-refractivity contribution in [1.29, 1.82) is 0 Å². The lowest BCUT2D eigenvalue weighted by Gasteiger charge is -2.06. The highest BCUT2D eigenvalue weighted by atomic mass is 79.9. The number of benzene rings is 1. The van der Waals surface area contributed by atoms with E-state index in [1.807, 2.05) is 0 Å². The third-order valence-corrected chi connectivity index (χ3v) is 3.37. The summed E-state index contributed by atoms with van der Waals surface area (Å²) in [4.78, 5) is 10.1. The molecule has 0 aliphatic heterocycles. The van der Waals surface area contributed by atoms with Crippen molar-refractivity contribution in [2.24, 2.45) is 0 Å². The maximum Gasteiger partial charge on any atom is 0.330 e. The Balaban J connectivity index is 2.32. The van der Waals surface area contributed by atoms with Crippen LogP contribution < -0.4 is 5.73 Å². The van der Waals surface area contributed by atoms with Crippen molar-refractivity contribution in [2.75, 3.05) is 5.73 Å². The van der Waals surface area contributed by atoms with Gasteiger partial charge in [-0.15, -0.1) is 0 Å². The molecule has 0 aliphatic rings. The zero-order chi connectivity index (χ0) is 13.3. The summed E-state index contributed by atoms with van der Waals surface area (Å²) >= 11 is 9.20. The summed E-state index contributed by atoms with van der Waals surface area (Å²) in [5.41, 5.74) is 6.33. The molecule has 0 aliphatic carbocycles. The highest BCUT2D eigenvalue weighted by Crippen LogP contribution is 2.25. The molecule has 0 fully saturated rings. The maximum absolute atomic E-state index is 10.6. The second-order valence-electron chi connectivity index (χ2n) is 3.57. The van der Waals surface area contributed by atoms with Gasteiger partial charge in [0.15, 0.2) is 0 Å². The second kappa shape index (κ2) is 4.95. The van der Waals surface area contributed by atoms with Crippen LogP contribution in [0.4, 0.5) is 11.5 Å². The van der Waals surface area contributed by atoms with Crippen LogP contribution >= 0.6 is 27.5 Å². The normalized spacial score (nSPS) is 10.6. The molecule has 0 bridgehead atoms. The number of rotatable bonds is 3. The van der Waals surface area contributed by atoms with Gasteiger partial charge in [0.05, 0.1) is 11.5 Å². The van der Waals surface area contributed by atoms with Gasteiger partial charge in [-0.2, -0.15) is 5.10 Å². The number of nitrogen functional groups attached to an aromatic ring is 1. The third-order valence-electron chi connectivity index (χ3n) is 2.39. The molecule has 0 saturated carbocycles. The van der Waals surface area contributed by atoms with E-state index in [0.29, 0.717) is 11.6 Å². The van der Waals surface area contributed by atoms with Crippen molar-refractivity contribution in [3.05, 3.63) is 49.6 Å². The van der Waals surface area contributed by atoms with Crippen molar-refractivity contribution in [1.82, 2.24) is 9.78 Å². The first-order valence-corrected chi connectivity index (χ1v) is 6.05. The minimum absolute atomic E-state index is 0.0295. The number of nitro groups is 1. The van der Waals surface area contributed by atoms with Crippen molar-refractivity contribution in [3.63, 3.8) is 0 Å². The number of nitrogens with two attached hydrogens (primary N) is 1. The van der Waals surface area contributed by atoms with Crippen LogP contribution in [0.25, 0.3) is 0 Å². The Morgan fingerprint density at radius 3 is 2.83 bits per heavy atom. The molecule has 2 aromatic rings. The number of hydrogen-bond acceptors (Lipinski definition) is 4. The fourth-order valence-corrected chi connectivity index (χ4v) is 2.27. The van der Waals surface area contributed by atoms with E-state index in [4.69, 9.17) is 17.3 Å². The zero-order valence-corrected chi connectivity index (χ0v) is 11.3. The van der Waals surface area contributed by atoms with Gasteiger partial charge >= 0.3 is 5.69 Å². The van der Waals surface area contributed by atoms with Gasteiger partial charge in [0.25, 0.3) is 0 Å². The van der Waals surface area contributed by atoms with Gasteiger partial charge in [-0.05, 0) is 17.7 Å². The first-order valence-electron chi connectivity index (χ1n) is 4.88. The maximum atomic E-state index is 10.6. The zero-order valence-electron chi connectivity index (χ0n) is 9.01. The van der Waals surface area contributed by atoms with Crippen LogP contribution in [0.3, 0.4) is 0 Å². The number of anilines is 1. The molecule has 6 nitrogen and oxygen atoms in total. The Hall–Kier alpha value is -1.60. The molecule has 1 aromatic heterocycles. The van der Waals surface area contributed by atoms with Gasteiger partial charge in [-0.3, -0.25) is 10.1 Å². The van der Waals surface area contributed by atoms with Crippen molar-refractivity contribution in [2.45, 2.75) is 6.54 Å². The van der Waals surface area contributed by atoms with Crippen LogP contribution in [0.5, 0.6) is 0 Å². The average molecular weight is 332 g/mol. The summed E-state index contributed by atoms with van der Waals surface area (Å²) in [6, 6.07) is 5.28. The van der Waals surface area contributed by atoms with Gasteiger partial charge in [-0.1, -0.05) is 33.6 Å². The fraction of sp³-hybridized carbons (Fsp3) is 0.100. The van der Waals surface area contributed by atoms with E-state index in [1.165, 1.54) is 4.68 Å². The van der Waals surface area contributed by atoms with E-state index in [9.17, 15) is 10.1 Å². The Morgan fingerprint density at radius 1 is 1.56 bits per heavy atom. The predicted octanol–water partition coefficient (Wildman–Crippen LogP) is 2.84. The summed E-state index contributed by atoms with van der Waals surface area (Å²) < 4.78 is 2.17. The van der Waals surface area contributed by atoms with E-state index in [-0.39, 0.29) is 11.5 Å². The van der Waals surface area contributed by atoms with Gasteiger partial charge in [0, 0.05) is 9.50 Å². The Bertz CT molecular complexity index is 614. The standard InChI is InChI=1S/C10H8BrClN4O2/c11-8-3-7(12)2-1-6(8)5-15-10(13)9(4-14-15)16(17)18/h1-4H,5,13H2. The Kier molecular flexibility index (Phi) is 3.53. The molecule has 0 saturated heterocycles. The second-order valence-corrected chi connectivity index (χ2v) is 4.86. The molecule has 1 heterocycles. The number of halogens is 2. The lowest BCUT2D eigenvalue weighted by molar-refractivity contribution is -0.384. The van der Waals surface area contributed by atoms with E-state index >= 15 is 0 Å². The third kappa shape index (κ3) is 2.46. The molecule has 1 aromatic carbocycles. The first kappa shape index (κ1) is 12.8. The highest BCUT2D eigenvalue weighted by Gasteiger charge is 2.17. The van der Waals surface area contributed by atoms with Crippen LogP contribution in [0.1, 0.15) is 5.56 Å². The fourth-order valence-electron chi connectivity index (χ4n) is 1.46. The van der Waals surface area contributed by atoms with Crippen LogP contribution in [0, 0.1) is 10.1 Å². The largest absolute Gasteiger partial charge is 0.378 e. The molecule has 0 radical (unpaired) electrons. The average Bonchev–Trinajstić information content (AvgIpc) is 2.64. The van der Waals surface area contributed by atoms with Gasteiger partial charge < -0.3 is 5.73 Å². The number of aromatic nitrogens is 2. The summed E-state index contributed by atoms with van der Waals surface area (Å²) in [5.74, 6) is 0.0295. The molecular formula is C10H8BrClN4O2. The molecule has 0 spiro atoms. The molecule has 18 heavy (non-hydrogen) atoms. The topological polar surface area (TPSA) is 87.0 Å². The molecule has 2 N–H and O–H groups in total. The van der Waals surface area contributed by atoms with Gasteiger partial charge in [-0.25, -0.2) is 4.68 Å². The molecule has 2 rings (SSSR count). The minimum atomic E-state index is -0.560. The summed E-state index contributed by atoms with van der Waals surface area (Å²) in [7, 11) is 0. The molecular weight excluding hydrogens is 323 g/mol. The minimum Gasteiger partial charge on any atom is -0.378 e. The van der Waals surface area contributed by atoms with Crippen molar-refractivity contribution < 1.29 is 4.92 Å². The van der Waals surface area contributed by atoms with E-state index < -0.39 is 4.92 Å².